The highest BCUT2D eigenvalue weighted by atomic mass is 32.2. The van der Waals surface area contributed by atoms with Crippen LogP contribution in [0.3, 0.4) is 0 Å². The van der Waals surface area contributed by atoms with E-state index in [-0.39, 0.29) is 18.3 Å². The van der Waals surface area contributed by atoms with Crippen LogP contribution in [0.2, 0.25) is 0 Å². The number of nitriles is 1. The Morgan fingerprint density at radius 2 is 1.94 bits per heavy atom. The van der Waals surface area contributed by atoms with E-state index in [0.717, 1.165) is 30.5 Å². The minimum absolute atomic E-state index is 0.136. The summed E-state index contributed by atoms with van der Waals surface area (Å²) in [5, 5.41) is 13.2. The zero-order valence-electron chi connectivity index (χ0n) is 19.6. The van der Waals surface area contributed by atoms with Gasteiger partial charge in [0, 0.05) is 23.6 Å². The quantitative estimate of drug-likeness (QED) is 0.333. The van der Waals surface area contributed by atoms with Gasteiger partial charge in [0.05, 0.1) is 17.7 Å². The van der Waals surface area contributed by atoms with Crippen LogP contribution in [-0.4, -0.2) is 29.2 Å². The van der Waals surface area contributed by atoms with Crippen molar-refractivity contribution in [3.8, 4) is 6.07 Å². The zero-order chi connectivity index (χ0) is 24.6. The molecule has 1 aromatic heterocycles. The first-order valence-electron chi connectivity index (χ1n) is 11.7. The molecule has 0 bridgehead atoms. The van der Waals surface area contributed by atoms with Gasteiger partial charge in [-0.1, -0.05) is 30.3 Å². The molecule has 0 saturated carbocycles. The first kappa shape index (κ1) is 24.5. The summed E-state index contributed by atoms with van der Waals surface area (Å²) in [6, 6.07) is 21.4. The molecule has 0 aliphatic heterocycles. The van der Waals surface area contributed by atoms with E-state index in [1.807, 2.05) is 12.1 Å². The second kappa shape index (κ2) is 11.7. The van der Waals surface area contributed by atoms with E-state index >= 15 is 0 Å². The first-order chi connectivity index (χ1) is 17.1. The van der Waals surface area contributed by atoms with E-state index in [1.165, 1.54) is 17.3 Å². The van der Waals surface area contributed by atoms with Gasteiger partial charge < -0.3 is 10.1 Å². The third kappa shape index (κ3) is 6.28. The fourth-order valence-corrected chi connectivity index (χ4v) is 5.13. The Kier molecular flexibility index (Phi) is 8.17. The van der Waals surface area contributed by atoms with Gasteiger partial charge in [0.1, 0.15) is 11.1 Å². The predicted octanol–water partition coefficient (Wildman–Crippen LogP) is 5.52. The smallest absolute Gasteiger partial charge is 0.338 e. The second-order valence-electron chi connectivity index (χ2n) is 8.35. The molecule has 1 heterocycles. The number of nitrogens with one attached hydrogen (secondary N) is 1. The summed E-state index contributed by atoms with van der Waals surface area (Å²) in [4.78, 5) is 28.9. The number of fused-ring (bicyclic) bond motifs is 1. The molecule has 0 spiro atoms. The number of anilines is 1. The lowest BCUT2D eigenvalue weighted by molar-refractivity contribution is -0.115. The monoisotopic (exact) mass is 485 g/mol. The Morgan fingerprint density at radius 1 is 1.17 bits per heavy atom. The number of thioether (sulfide) groups is 1. The van der Waals surface area contributed by atoms with Crippen molar-refractivity contribution in [2.24, 2.45) is 0 Å². The molecule has 3 aromatic rings. The van der Waals surface area contributed by atoms with Crippen molar-refractivity contribution >= 4 is 29.3 Å². The Morgan fingerprint density at radius 3 is 2.66 bits per heavy atom. The number of aromatic nitrogens is 1. The largest absolute Gasteiger partial charge is 0.462 e. The topological polar surface area (TPSA) is 92.1 Å². The van der Waals surface area contributed by atoms with Crippen LogP contribution in [0.1, 0.15) is 58.4 Å². The molecular formula is C28H27N3O3S. The SMILES string of the molecule is CCOC(=O)c1ccc(NC(=O)CCSc2nc3c(cc2C#N)CC(c2ccccc2)CC3)cc1. The van der Waals surface area contributed by atoms with Crippen LogP contribution in [0.25, 0.3) is 0 Å². The lowest BCUT2D eigenvalue weighted by atomic mass is 9.82. The van der Waals surface area contributed by atoms with Gasteiger partial charge in [-0.05, 0) is 73.6 Å². The molecule has 178 valence electrons. The molecule has 4 rings (SSSR count). The maximum Gasteiger partial charge on any atom is 0.338 e. The molecule has 0 fully saturated rings. The number of carbonyl (C=O) groups is 2. The van der Waals surface area contributed by atoms with Gasteiger partial charge in [0.2, 0.25) is 5.91 Å². The molecule has 0 radical (unpaired) electrons. The number of ether oxygens (including phenoxy) is 1. The molecule has 1 aliphatic carbocycles. The predicted molar refractivity (Wildman–Crippen MR) is 137 cm³/mol. The van der Waals surface area contributed by atoms with Crippen LogP contribution in [0.4, 0.5) is 5.69 Å². The molecule has 1 amide bonds. The van der Waals surface area contributed by atoms with Gasteiger partial charge in [-0.2, -0.15) is 5.26 Å². The highest BCUT2D eigenvalue weighted by Gasteiger charge is 2.23. The summed E-state index contributed by atoms with van der Waals surface area (Å²) < 4.78 is 4.97. The van der Waals surface area contributed by atoms with Crippen LogP contribution in [-0.2, 0) is 22.4 Å². The molecule has 1 N–H and O–H groups in total. The zero-order valence-corrected chi connectivity index (χ0v) is 20.4. The van der Waals surface area contributed by atoms with E-state index in [9.17, 15) is 14.9 Å². The lowest BCUT2D eigenvalue weighted by Gasteiger charge is -2.25. The number of hydrogen-bond donors (Lipinski definition) is 1. The average Bonchev–Trinajstić information content (AvgIpc) is 2.89. The molecule has 1 aliphatic rings. The summed E-state index contributed by atoms with van der Waals surface area (Å²) >= 11 is 1.44. The van der Waals surface area contributed by atoms with Crippen molar-refractivity contribution in [1.82, 2.24) is 4.98 Å². The van der Waals surface area contributed by atoms with Gasteiger partial charge in [-0.15, -0.1) is 11.8 Å². The van der Waals surface area contributed by atoms with Crippen LogP contribution in [0, 0.1) is 11.3 Å². The van der Waals surface area contributed by atoms with Gasteiger partial charge in [0.25, 0.3) is 0 Å². The second-order valence-corrected chi connectivity index (χ2v) is 9.44. The Hall–Kier alpha value is -3.63. The van der Waals surface area contributed by atoms with Crippen molar-refractivity contribution in [3.05, 3.63) is 88.6 Å². The number of amides is 1. The van der Waals surface area contributed by atoms with Gasteiger partial charge in [-0.25, -0.2) is 9.78 Å². The van der Waals surface area contributed by atoms with Crippen molar-refractivity contribution in [2.45, 2.75) is 43.6 Å². The van der Waals surface area contributed by atoms with Gasteiger partial charge in [0.15, 0.2) is 0 Å². The maximum absolute atomic E-state index is 12.4. The van der Waals surface area contributed by atoms with Crippen LogP contribution < -0.4 is 5.32 Å². The van der Waals surface area contributed by atoms with E-state index in [0.29, 0.717) is 40.1 Å². The number of aryl methyl sites for hydroxylation is 1. The van der Waals surface area contributed by atoms with E-state index in [2.05, 4.69) is 35.7 Å². The molecule has 1 atom stereocenters. The number of carbonyl (C=O) groups excluding carboxylic acids is 2. The minimum atomic E-state index is -0.386. The molecule has 7 heteroatoms. The molecule has 2 aromatic carbocycles. The van der Waals surface area contributed by atoms with Crippen molar-refractivity contribution in [1.29, 1.82) is 5.26 Å². The Balaban J connectivity index is 1.32. The summed E-state index contributed by atoms with van der Waals surface area (Å²) in [6.45, 7) is 2.07. The summed E-state index contributed by atoms with van der Waals surface area (Å²) in [6.07, 6.45) is 3.10. The molecule has 35 heavy (non-hydrogen) atoms. The van der Waals surface area contributed by atoms with Crippen LogP contribution in [0.5, 0.6) is 0 Å². The molecular weight excluding hydrogens is 458 g/mol. The normalized spacial score (nSPS) is 14.5. The highest BCUT2D eigenvalue weighted by molar-refractivity contribution is 7.99. The standard InChI is InChI=1S/C28H27N3O3S/c1-2-34-28(33)20-8-11-24(12-9-20)30-26(32)14-15-35-27-23(18-29)17-22-16-21(10-13-25(22)31-27)19-6-4-3-5-7-19/h3-9,11-12,17,21H,2,10,13-16H2,1H3,(H,30,32). The Bertz CT molecular complexity index is 1240. The van der Waals surface area contributed by atoms with Gasteiger partial charge in [-0.3, -0.25) is 4.79 Å². The van der Waals surface area contributed by atoms with E-state index < -0.39 is 0 Å². The number of pyridine rings is 1. The molecule has 0 saturated heterocycles. The summed E-state index contributed by atoms with van der Waals surface area (Å²) in [7, 11) is 0. The third-order valence-corrected chi connectivity index (χ3v) is 6.98. The third-order valence-electron chi connectivity index (χ3n) is 5.99. The highest BCUT2D eigenvalue weighted by Crippen LogP contribution is 2.34. The first-order valence-corrected chi connectivity index (χ1v) is 12.7. The van der Waals surface area contributed by atoms with Crippen molar-refractivity contribution in [2.75, 3.05) is 17.7 Å². The van der Waals surface area contributed by atoms with E-state index in [1.54, 1.807) is 31.2 Å². The molecule has 6 nitrogen and oxygen atoms in total. The number of hydrogen-bond acceptors (Lipinski definition) is 6. The fourth-order valence-electron chi connectivity index (χ4n) is 4.21. The van der Waals surface area contributed by atoms with Crippen molar-refractivity contribution < 1.29 is 14.3 Å². The number of nitrogens with zero attached hydrogens (tertiary/aromatic N) is 2. The number of rotatable bonds is 8. The lowest BCUT2D eigenvalue weighted by Crippen LogP contribution is -2.15. The van der Waals surface area contributed by atoms with Crippen LogP contribution >= 0.6 is 11.8 Å². The molecule has 1 unspecified atom stereocenters. The fraction of sp³-hybridized carbons (Fsp3) is 0.286. The maximum atomic E-state index is 12.4. The number of benzene rings is 2. The summed E-state index contributed by atoms with van der Waals surface area (Å²) in [5.41, 5.74) is 5.16. The number of esters is 1. The van der Waals surface area contributed by atoms with Crippen molar-refractivity contribution in [3.63, 3.8) is 0 Å². The summed E-state index contributed by atoms with van der Waals surface area (Å²) in [5.74, 6) is 0.442. The minimum Gasteiger partial charge on any atom is -0.462 e. The average molecular weight is 486 g/mol. The van der Waals surface area contributed by atoms with Gasteiger partial charge >= 0.3 is 5.97 Å². The van der Waals surface area contributed by atoms with E-state index in [4.69, 9.17) is 9.72 Å². The van der Waals surface area contributed by atoms with Crippen LogP contribution in [0.15, 0.2) is 65.7 Å². The Labute approximate surface area is 209 Å².